The van der Waals surface area contributed by atoms with E-state index in [2.05, 4.69) is 0 Å². The smallest absolute Gasteiger partial charge is 0.300 e. The standard InChI is InChI=1S/C30H27ClN2O4/c1-17(2)37-25-14-9-19(15-18(25)3)28(34)26-27(23-16-32(4)24-8-6-5-7-22(23)24)33(30(36)29(26)35)21-12-10-20(31)11-13-21/h5-17,27,34H,1-4H3/b28-26+. The lowest BCUT2D eigenvalue weighted by Gasteiger charge is -2.25. The zero-order valence-corrected chi connectivity index (χ0v) is 21.8. The van der Waals surface area contributed by atoms with Crippen molar-refractivity contribution < 1.29 is 19.4 Å². The minimum atomic E-state index is -0.834. The Morgan fingerprint density at radius 3 is 2.41 bits per heavy atom. The fraction of sp³-hybridized carbons (Fsp3) is 0.200. The molecule has 0 aliphatic carbocycles. The monoisotopic (exact) mass is 514 g/mol. The molecule has 1 unspecified atom stereocenters. The topological polar surface area (TPSA) is 71.8 Å². The number of anilines is 1. The van der Waals surface area contributed by atoms with Gasteiger partial charge in [0, 0.05) is 46.0 Å². The lowest BCUT2D eigenvalue weighted by Crippen LogP contribution is -2.29. The molecule has 1 fully saturated rings. The van der Waals surface area contributed by atoms with Crippen LogP contribution in [0, 0.1) is 6.92 Å². The highest BCUT2D eigenvalue weighted by Crippen LogP contribution is 2.45. The number of nitrogens with zero attached hydrogens (tertiary/aromatic N) is 2. The van der Waals surface area contributed by atoms with Crippen molar-refractivity contribution in [2.45, 2.75) is 32.9 Å². The second kappa shape index (κ2) is 9.45. The number of carbonyl (C=O) groups excluding carboxylic acids is 2. The predicted molar refractivity (Wildman–Crippen MR) is 146 cm³/mol. The number of ether oxygens (including phenoxy) is 1. The van der Waals surface area contributed by atoms with Gasteiger partial charge in [0.1, 0.15) is 11.5 Å². The molecular weight excluding hydrogens is 488 g/mol. The molecule has 6 nitrogen and oxygen atoms in total. The second-order valence-corrected chi connectivity index (χ2v) is 9.94. The predicted octanol–water partition coefficient (Wildman–Crippen LogP) is 6.55. The van der Waals surface area contributed by atoms with Crippen LogP contribution in [0.5, 0.6) is 5.75 Å². The van der Waals surface area contributed by atoms with Crippen LogP contribution in [0.4, 0.5) is 5.69 Å². The van der Waals surface area contributed by atoms with Gasteiger partial charge in [0.05, 0.1) is 17.7 Å². The molecule has 5 rings (SSSR count). The summed E-state index contributed by atoms with van der Waals surface area (Å²) in [5.74, 6) is -0.991. The van der Waals surface area contributed by atoms with E-state index in [0.717, 1.165) is 22.0 Å². The van der Waals surface area contributed by atoms with Gasteiger partial charge in [0.2, 0.25) is 0 Å². The van der Waals surface area contributed by atoms with Crippen LogP contribution in [-0.2, 0) is 16.6 Å². The number of Topliss-reactive ketones (excluding diaryl/α,β-unsaturated/α-hetero) is 1. The van der Waals surface area contributed by atoms with Gasteiger partial charge in [-0.25, -0.2) is 0 Å². The Kier molecular flexibility index (Phi) is 6.30. The lowest BCUT2D eigenvalue weighted by atomic mass is 9.94. The number of fused-ring (bicyclic) bond motifs is 1. The number of hydrogen-bond acceptors (Lipinski definition) is 4. The first-order chi connectivity index (χ1) is 17.7. The van der Waals surface area contributed by atoms with Crippen LogP contribution in [0.1, 0.15) is 36.6 Å². The minimum absolute atomic E-state index is 0.00536. The molecule has 0 radical (unpaired) electrons. The fourth-order valence-electron chi connectivity index (χ4n) is 4.92. The third-order valence-corrected chi connectivity index (χ3v) is 6.83. The van der Waals surface area contributed by atoms with Gasteiger partial charge in [-0.2, -0.15) is 0 Å². The third-order valence-electron chi connectivity index (χ3n) is 6.58. The Bertz CT molecular complexity index is 1570. The molecule has 0 bridgehead atoms. The van der Waals surface area contributed by atoms with Gasteiger partial charge in [0.15, 0.2) is 0 Å². The normalized spacial score (nSPS) is 17.2. The Morgan fingerprint density at radius 2 is 1.73 bits per heavy atom. The molecule has 1 aromatic heterocycles. The van der Waals surface area contributed by atoms with Crippen molar-refractivity contribution in [1.82, 2.24) is 4.57 Å². The summed E-state index contributed by atoms with van der Waals surface area (Å²) in [4.78, 5) is 28.4. The minimum Gasteiger partial charge on any atom is -0.507 e. The summed E-state index contributed by atoms with van der Waals surface area (Å²) in [5, 5.41) is 12.9. The van der Waals surface area contributed by atoms with Crippen molar-refractivity contribution in [3.8, 4) is 5.75 Å². The molecule has 0 spiro atoms. The molecule has 1 aliphatic heterocycles. The van der Waals surface area contributed by atoms with Gasteiger partial charge < -0.3 is 14.4 Å². The van der Waals surface area contributed by atoms with Crippen molar-refractivity contribution in [3.05, 3.63) is 100 Å². The van der Waals surface area contributed by atoms with E-state index in [1.807, 2.05) is 62.8 Å². The Hall–Kier alpha value is -4.03. The molecule has 1 atom stereocenters. The van der Waals surface area contributed by atoms with E-state index < -0.39 is 17.7 Å². The number of halogens is 1. The van der Waals surface area contributed by atoms with E-state index in [9.17, 15) is 14.7 Å². The molecular formula is C30H27ClN2O4. The number of aryl methyl sites for hydroxylation is 2. The molecule has 0 saturated carbocycles. The summed E-state index contributed by atoms with van der Waals surface area (Å²) in [6.45, 7) is 5.76. The van der Waals surface area contributed by atoms with Gasteiger partial charge in [-0.15, -0.1) is 0 Å². The summed E-state index contributed by atoms with van der Waals surface area (Å²) in [6.07, 6.45) is 1.90. The summed E-state index contributed by atoms with van der Waals surface area (Å²) >= 11 is 6.10. The number of rotatable bonds is 5. The maximum atomic E-state index is 13.5. The molecule has 7 heteroatoms. The highest BCUT2D eigenvalue weighted by molar-refractivity contribution is 6.52. The number of aliphatic hydroxyl groups is 1. The largest absolute Gasteiger partial charge is 0.507 e. The maximum absolute atomic E-state index is 13.5. The highest BCUT2D eigenvalue weighted by Gasteiger charge is 2.47. The van der Waals surface area contributed by atoms with Crippen molar-refractivity contribution in [3.63, 3.8) is 0 Å². The van der Waals surface area contributed by atoms with Crippen molar-refractivity contribution >= 4 is 45.6 Å². The van der Waals surface area contributed by atoms with E-state index in [-0.39, 0.29) is 17.4 Å². The molecule has 2 heterocycles. The Morgan fingerprint density at radius 1 is 1.03 bits per heavy atom. The van der Waals surface area contributed by atoms with Crippen molar-refractivity contribution in [2.24, 2.45) is 7.05 Å². The van der Waals surface area contributed by atoms with Crippen molar-refractivity contribution in [2.75, 3.05) is 4.90 Å². The first-order valence-corrected chi connectivity index (χ1v) is 12.4. The Balaban J connectivity index is 1.74. The van der Waals surface area contributed by atoms with E-state index in [0.29, 0.717) is 22.0 Å². The first-order valence-electron chi connectivity index (χ1n) is 12.1. The van der Waals surface area contributed by atoms with E-state index in [1.54, 1.807) is 42.5 Å². The molecule has 3 aromatic carbocycles. The van der Waals surface area contributed by atoms with Crippen LogP contribution in [-0.4, -0.2) is 27.5 Å². The molecule has 1 saturated heterocycles. The zero-order chi connectivity index (χ0) is 26.4. The quantitative estimate of drug-likeness (QED) is 0.186. The molecule has 1 N–H and O–H groups in total. The molecule has 37 heavy (non-hydrogen) atoms. The number of aliphatic hydroxyl groups excluding tert-OH is 1. The van der Waals surface area contributed by atoms with Gasteiger partial charge in [-0.3, -0.25) is 14.5 Å². The number of amides is 1. The second-order valence-electron chi connectivity index (χ2n) is 9.50. The molecule has 188 valence electrons. The van der Waals surface area contributed by atoms with Gasteiger partial charge in [0.25, 0.3) is 11.7 Å². The van der Waals surface area contributed by atoms with Crippen molar-refractivity contribution in [1.29, 1.82) is 0 Å². The summed E-state index contributed by atoms with van der Waals surface area (Å²) in [7, 11) is 1.91. The molecule has 4 aromatic rings. The van der Waals surface area contributed by atoms with Crippen LogP contribution >= 0.6 is 11.6 Å². The zero-order valence-electron chi connectivity index (χ0n) is 21.0. The Labute approximate surface area is 220 Å². The highest BCUT2D eigenvalue weighted by atomic mass is 35.5. The first kappa shape index (κ1) is 24.7. The average molecular weight is 515 g/mol. The lowest BCUT2D eigenvalue weighted by molar-refractivity contribution is -0.132. The van der Waals surface area contributed by atoms with E-state index in [4.69, 9.17) is 16.3 Å². The maximum Gasteiger partial charge on any atom is 0.300 e. The van der Waals surface area contributed by atoms with Crippen LogP contribution in [0.3, 0.4) is 0 Å². The number of ketones is 1. The van der Waals surface area contributed by atoms with Crippen LogP contribution in [0.15, 0.2) is 78.5 Å². The summed E-state index contributed by atoms with van der Waals surface area (Å²) < 4.78 is 7.78. The van der Waals surface area contributed by atoms with Crippen LogP contribution in [0.25, 0.3) is 16.7 Å². The van der Waals surface area contributed by atoms with Gasteiger partial charge >= 0.3 is 0 Å². The number of aromatic nitrogens is 1. The summed E-state index contributed by atoms with van der Waals surface area (Å²) in [5.41, 5.74) is 3.49. The van der Waals surface area contributed by atoms with Gasteiger partial charge in [-0.1, -0.05) is 29.8 Å². The van der Waals surface area contributed by atoms with E-state index >= 15 is 0 Å². The van der Waals surface area contributed by atoms with Gasteiger partial charge in [-0.05, 0) is 74.9 Å². The molecule has 1 amide bonds. The third kappa shape index (κ3) is 4.27. The summed E-state index contributed by atoms with van der Waals surface area (Å²) in [6, 6.07) is 18.9. The molecule has 1 aliphatic rings. The van der Waals surface area contributed by atoms with Crippen LogP contribution in [0.2, 0.25) is 5.02 Å². The SMILES string of the molecule is Cc1cc(/C(O)=C2\C(=O)C(=O)N(c3ccc(Cl)cc3)C2c2cn(C)c3ccccc23)ccc1OC(C)C. The average Bonchev–Trinajstić information content (AvgIpc) is 3.34. The van der Waals surface area contributed by atoms with Crippen LogP contribution < -0.4 is 9.64 Å². The number of para-hydroxylation sites is 1. The number of hydrogen-bond donors (Lipinski definition) is 1. The van der Waals surface area contributed by atoms with E-state index in [1.165, 1.54) is 4.90 Å². The number of benzene rings is 3. The number of carbonyl (C=O) groups is 2. The fourth-order valence-corrected chi connectivity index (χ4v) is 5.05.